The van der Waals surface area contributed by atoms with Gasteiger partial charge in [0.05, 0.1) is 6.26 Å². The summed E-state index contributed by atoms with van der Waals surface area (Å²) in [6.07, 6.45) is 0.700. The zero-order valence-corrected chi connectivity index (χ0v) is 17.4. The molecule has 0 spiro atoms. The van der Waals surface area contributed by atoms with E-state index >= 15 is 0 Å². The van der Waals surface area contributed by atoms with Crippen molar-refractivity contribution in [1.29, 1.82) is 0 Å². The van der Waals surface area contributed by atoms with Gasteiger partial charge < -0.3 is 10.1 Å². The number of benzene rings is 2. The second-order valence-corrected chi connectivity index (χ2v) is 10.8. The monoisotopic (exact) mass is 438 g/mol. The molecule has 0 atom stereocenters. The summed E-state index contributed by atoms with van der Waals surface area (Å²) in [5, 5.41) is 3.01. The molecular formula is C19H22N2O6S2. The van der Waals surface area contributed by atoms with Gasteiger partial charge in [0.25, 0.3) is 5.91 Å². The Balaban J connectivity index is 2.09. The first-order chi connectivity index (χ1) is 13.7. The minimum absolute atomic E-state index is 0.0592. The number of sulfone groups is 1. The summed E-state index contributed by atoms with van der Waals surface area (Å²) in [6.45, 7) is 0.524. The van der Waals surface area contributed by atoms with Crippen LogP contribution in [0.5, 0.6) is 11.5 Å². The fourth-order valence-electron chi connectivity index (χ4n) is 3.29. The van der Waals surface area contributed by atoms with E-state index in [1.165, 1.54) is 18.2 Å². The summed E-state index contributed by atoms with van der Waals surface area (Å²) in [4.78, 5) is 12.7. The maximum Gasteiger partial charge on any atom is 0.255 e. The number of carbonyl (C=O) groups excluding carboxylic acids is 1. The quantitative estimate of drug-likeness (QED) is 0.701. The number of hydrogen-bond acceptors (Lipinski definition) is 7. The molecule has 1 saturated heterocycles. The normalized spacial score (nSPS) is 16.7. The van der Waals surface area contributed by atoms with E-state index in [1.807, 2.05) is 4.72 Å². The fourth-order valence-corrected chi connectivity index (χ4v) is 5.98. The number of amides is 1. The molecule has 1 amide bonds. The maximum atomic E-state index is 13.7. The molecule has 10 heteroatoms. The summed E-state index contributed by atoms with van der Waals surface area (Å²) in [7, 11) is -8.22. The molecule has 1 aliphatic rings. The molecule has 156 valence electrons. The lowest BCUT2D eigenvalue weighted by molar-refractivity contribution is -0.122. The third-order valence-corrected chi connectivity index (χ3v) is 7.82. The Hall–Kier alpha value is -2.43. The molecule has 2 N–H and O–H groups in total. The van der Waals surface area contributed by atoms with Gasteiger partial charge in [-0.05, 0) is 50.2 Å². The predicted octanol–water partition coefficient (Wildman–Crippen LogP) is 1.45. The lowest BCUT2D eigenvalue weighted by Gasteiger charge is -2.35. The molecule has 1 aliphatic heterocycles. The summed E-state index contributed by atoms with van der Waals surface area (Å²) in [6, 6.07) is 14.7. The average Bonchev–Trinajstić information content (AvgIpc) is 2.68. The lowest BCUT2D eigenvalue weighted by atomic mass is 9.96. The van der Waals surface area contributed by atoms with Crippen LogP contribution in [0.1, 0.15) is 12.8 Å². The van der Waals surface area contributed by atoms with Crippen LogP contribution in [0, 0.1) is 0 Å². The Morgan fingerprint density at radius 2 is 1.55 bits per heavy atom. The van der Waals surface area contributed by atoms with Gasteiger partial charge in [-0.1, -0.05) is 30.3 Å². The van der Waals surface area contributed by atoms with Crippen LogP contribution in [0.3, 0.4) is 0 Å². The highest BCUT2D eigenvalue weighted by Crippen LogP contribution is 2.39. The van der Waals surface area contributed by atoms with E-state index in [-0.39, 0.29) is 36.6 Å². The van der Waals surface area contributed by atoms with Crippen molar-refractivity contribution in [2.45, 2.75) is 22.5 Å². The van der Waals surface area contributed by atoms with Crippen molar-refractivity contribution in [1.82, 2.24) is 10.0 Å². The number of ether oxygens (including phenoxy) is 1. The van der Waals surface area contributed by atoms with Gasteiger partial charge in [0, 0.05) is 0 Å². The van der Waals surface area contributed by atoms with Crippen LogP contribution in [0.2, 0.25) is 0 Å². The molecular weight excluding hydrogens is 416 g/mol. The number of sulfonamides is 1. The summed E-state index contributed by atoms with van der Waals surface area (Å²) in [5.41, 5.74) is 0. The zero-order chi connectivity index (χ0) is 21.1. The molecule has 0 bridgehead atoms. The lowest BCUT2D eigenvalue weighted by Crippen LogP contribution is -2.58. The number of para-hydroxylation sites is 2. The van der Waals surface area contributed by atoms with Gasteiger partial charge in [-0.25, -0.2) is 16.8 Å². The van der Waals surface area contributed by atoms with Crippen molar-refractivity contribution < 1.29 is 26.4 Å². The largest absolute Gasteiger partial charge is 0.456 e. The van der Waals surface area contributed by atoms with Crippen molar-refractivity contribution in [3.63, 3.8) is 0 Å². The molecule has 1 fully saturated rings. The fraction of sp³-hybridized carbons (Fsp3) is 0.316. The SMILES string of the molecule is CS(=O)(=O)NC(=O)C1(S(=O)(=O)c2ccccc2Oc2ccccc2)CCNCC1. The predicted molar refractivity (Wildman–Crippen MR) is 108 cm³/mol. The van der Waals surface area contributed by atoms with Gasteiger partial charge in [-0.15, -0.1) is 0 Å². The molecule has 0 unspecified atom stereocenters. The van der Waals surface area contributed by atoms with E-state index in [2.05, 4.69) is 5.32 Å². The average molecular weight is 439 g/mol. The summed E-state index contributed by atoms with van der Waals surface area (Å²) >= 11 is 0. The van der Waals surface area contributed by atoms with Crippen LogP contribution >= 0.6 is 0 Å². The topological polar surface area (TPSA) is 119 Å². The van der Waals surface area contributed by atoms with Gasteiger partial charge >= 0.3 is 0 Å². The Kier molecular flexibility index (Phi) is 5.97. The first kappa shape index (κ1) is 21.3. The van der Waals surface area contributed by atoms with Crippen LogP contribution in [0.4, 0.5) is 0 Å². The number of carbonyl (C=O) groups is 1. The van der Waals surface area contributed by atoms with E-state index in [0.717, 1.165) is 6.26 Å². The molecule has 2 aromatic carbocycles. The van der Waals surface area contributed by atoms with E-state index < -0.39 is 30.5 Å². The minimum Gasteiger partial charge on any atom is -0.456 e. The van der Waals surface area contributed by atoms with Crippen LogP contribution in [-0.2, 0) is 24.7 Å². The minimum atomic E-state index is -4.29. The van der Waals surface area contributed by atoms with Crippen LogP contribution < -0.4 is 14.8 Å². The van der Waals surface area contributed by atoms with E-state index in [4.69, 9.17) is 4.74 Å². The Labute approximate surface area is 170 Å². The molecule has 0 aliphatic carbocycles. The molecule has 29 heavy (non-hydrogen) atoms. The molecule has 0 aromatic heterocycles. The van der Waals surface area contributed by atoms with E-state index in [1.54, 1.807) is 36.4 Å². The molecule has 2 aromatic rings. The van der Waals surface area contributed by atoms with Crippen molar-refractivity contribution >= 4 is 25.8 Å². The van der Waals surface area contributed by atoms with Crippen molar-refractivity contribution in [3.8, 4) is 11.5 Å². The Morgan fingerprint density at radius 3 is 2.17 bits per heavy atom. The number of rotatable bonds is 6. The van der Waals surface area contributed by atoms with Gasteiger partial charge in [-0.3, -0.25) is 9.52 Å². The Morgan fingerprint density at radius 1 is 0.966 bits per heavy atom. The van der Waals surface area contributed by atoms with E-state index in [9.17, 15) is 21.6 Å². The Bertz CT molecular complexity index is 1090. The second kappa shape index (κ2) is 8.13. The second-order valence-electron chi connectivity index (χ2n) is 6.81. The highest BCUT2D eigenvalue weighted by Gasteiger charge is 2.53. The first-order valence-electron chi connectivity index (χ1n) is 8.95. The zero-order valence-electron chi connectivity index (χ0n) is 15.8. The van der Waals surface area contributed by atoms with Gasteiger partial charge in [0.2, 0.25) is 10.0 Å². The standard InChI is InChI=1S/C19H22N2O6S2/c1-28(23,24)21-18(22)19(11-13-20-14-12-19)29(25,26)17-10-6-5-9-16(17)27-15-7-3-2-4-8-15/h2-10,20H,11-14H2,1H3,(H,21,22). The van der Waals surface area contributed by atoms with Crippen molar-refractivity contribution in [2.24, 2.45) is 0 Å². The molecule has 0 radical (unpaired) electrons. The van der Waals surface area contributed by atoms with Gasteiger partial charge in [0.1, 0.15) is 16.4 Å². The van der Waals surface area contributed by atoms with Gasteiger partial charge in [0.15, 0.2) is 14.6 Å². The first-order valence-corrected chi connectivity index (χ1v) is 12.3. The van der Waals surface area contributed by atoms with Crippen LogP contribution in [0.25, 0.3) is 0 Å². The molecule has 1 heterocycles. The number of nitrogens with one attached hydrogen (secondary N) is 2. The van der Waals surface area contributed by atoms with Crippen molar-refractivity contribution in [2.75, 3.05) is 19.3 Å². The number of hydrogen-bond donors (Lipinski definition) is 2. The highest BCUT2D eigenvalue weighted by atomic mass is 32.2. The number of piperidine rings is 1. The molecule has 0 saturated carbocycles. The third kappa shape index (κ3) is 4.44. The molecule has 8 nitrogen and oxygen atoms in total. The summed E-state index contributed by atoms with van der Waals surface area (Å²) in [5.74, 6) is -0.533. The van der Waals surface area contributed by atoms with Gasteiger partial charge in [-0.2, -0.15) is 0 Å². The smallest absolute Gasteiger partial charge is 0.255 e. The van der Waals surface area contributed by atoms with Crippen LogP contribution in [-0.4, -0.2) is 46.8 Å². The van der Waals surface area contributed by atoms with E-state index in [0.29, 0.717) is 5.75 Å². The summed E-state index contributed by atoms with van der Waals surface area (Å²) < 4.78 is 56.3. The maximum absolute atomic E-state index is 13.7. The van der Waals surface area contributed by atoms with Crippen LogP contribution in [0.15, 0.2) is 59.5 Å². The van der Waals surface area contributed by atoms with Crippen molar-refractivity contribution in [3.05, 3.63) is 54.6 Å². The molecule has 3 rings (SSSR count). The third-order valence-electron chi connectivity index (χ3n) is 4.73. The highest BCUT2D eigenvalue weighted by molar-refractivity contribution is 7.94.